The number of rotatable bonds is 5. The van der Waals surface area contributed by atoms with Gasteiger partial charge >= 0.3 is 0 Å². The Morgan fingerprint density at radius 1 is 1.16 bits per heavy atom. The van der Waals surface area contributed by atoms with Gasteiger partial charge in [0.05, 0.1) is 0 Å². The van der Waals surface area contributed by atoms with Crippen LogP contribution in [-0.2, 0) is 6.54 Å². The van der Waals surface area contributed by atoms with Crippen LogP contribution in [0.25, 0.3) is 0 Å². The summed E-state index contributed by atoms with van der Waals surface area (Å²) in [4.78, 5) is 1.15. The van der Waals surface area contributed by atoms with Crippen LogP contribution in [0.3, 0.4) is 0 Å². The third-order valence-electron chi connectivity index (χ3n) is 2.66. The summed E-state index contributed by atoms with van der Waals surface area (Å²) in [6.45, 7) is 0.639. The highest BCUT2D eigenvalue weighted by molar-refractivity contribution is 7.98. The van der Waals surface area contributed by atoms with E-state index in [1.807, 2.05) is 43.6 Å². The average molecular weight is 277 g/mol. The molecule has 0 unspecified atom stereocenters. The Morgan fingerprint density at radius 3 is 2.47 bits per heavy atom. The summed E-state index contributed by atoms with van der Waals surface area (Å²) in [5, 5.41) is 2.98. The molecule has 2 aromatic rings. The van der Waals surface area contributed by atoms with Gasteiger partial charge in [-0.25, -0.2) is 4.39 Å². The van der Waals surface area contributed by atoms with E-state index in [0.29, 0.717) is 12.3 Å². The highest BCUT2D eigenvalue weighted by atomic mass is 32.2. The molecule has 0 heterocycles. The second-order valence-corrected chi connectivity index (χ2v) is 4.95. The second-order valence-electron chi connectivity index (χ2n) is 4.07. The van der Waals surface area contributed by atoms with Crippen molar-refractivity contribution in [1.82, 2.24) is 5.32 Å². The Balaban J connectivity index is 2.13. The Bertz CT molecular complexity index is 542. The van der Waals surface area contributed by atoms with Crippen LogP contribution < -0.4 is 10.1 Å². The van der Waals surface area contributed by atoms with Crippen molar-refractivity contribution in [2.75, 3.05) is 13.3 Å². The normalized spacial score (nSPS) is 10.5. The van der Waals surface area contributed by atoms with Crippen molar-refractivity contribution in [1.29, 1.82) is 0 Å². The van der Waals surface area contributed by atoms with Gasteiger partial charge in [0.25, 0.3) is 0 Å². The molecule has 0 saturated carbocycles. The van der Waals surface area contributed by atoms with Crippen LogP contribution in [0.5, 0.6) is 11.5 Å². The number of halogens is 1. The number of thioether (sulfide) groups is 1. The second kappa shape index (κ2) is 6.59. The van der Waals surface area contributed by atoms with E-state index in [4.69, 9.17) is 4.74 Å². The van der Waals surface area contributed by atoms with Gasteiger partial charge in [-0.2, -0.15) is 0 Å². The quantitative estimate of drug-likeness (QED) is 0.833. The summed E-state index contributed by atoms with van der Waals surface area (Å²) in [5.41, 5.74) is 0.894. The van der Waals surface area contributed by atoms with Crippen molar-refractivity contribution in [3.8, 4) is 11.5 Å². The largest absolute Gasteiger partial charge is 0.454 e. The number of nitrogens with one attached hydrogen (secondary N) is 1. The zero-order valence-corrected chi connectivity index (χ0v) is 11.8. The van der Waals surface area contributed by atoms with E-state index >= 15 is 0 Å². The first-order chi connectivity index (χ1) is 9.22. The van der Waals surface area contributed by atoms with Gasteiger partial charge in [0.2, 0.25) is 0 Å². The predicted molar refractivity (Wildman–Crippen MR) is 77.5 cm³/mol. The minimum atomic E-state index is -0.346. The van der Waals surface area contributed by atoms with Crippen LogP contribution in [0.15, 0.2) is 47.4 Å². The van der Waals surface area contributed by atoms with E-state index < -0.39 is 0 Å². The first kappa shape index (κ1) is 13.9. The van der Waals surface area contributed by atoms with Crippen molar-refractivity contribution in [3.63, 3.8) is 0 Å². The molecule has 0 bridgehead atoms. The lowest BCUT2D eigenvalue weighted by molar-refractivity contribution is 0.441. The summed E-state index contributed by atoms with van der Waals surface area (Å²) in [6.07, 6.45) is 2.01. The fraction of sp³-hybridized carbons (Fsp3) is 0.200. The van der Waals surface area contributed by atoms with Gasteiger partial charge in [-0.05, 0) is 55.3 Å². The lowest BCUT2D eigenvalue weighted by Crippen LogP contribution is -2.05. The highest BCUT2D eigenvalue weighted by Crippen LogP contribution is 2.26. The first-order valence-corrected chi connectivity index (χ1v) is 7.20. The van der Waals surface area contributed by atoms with E-state index in [0.717, 1.165) is 10.5 Å². The van der Waals surface area contributed by atoms with Gasteiger partial charge < -0.3 is 10.1 Å². The Morgan fingerprint density at radius 2 is 1.89 bits per heavy atom. The molecule has 100 valence electrons. The van der Waals surface area contributed by atoms with Crippen molar-refractivity contribution >= 4 is 11.8 Å². The van der Waals surface area contributed by atoms with Crippen molar-refractivity contribution in [3.05, 3.63) is 53.8 Å². The van der Waals surface area contributed by atoms with Gasteiger partial charge in [-0.1, -0.05) is 6.07 Å². The molecule has 1 N–H and O–H groups in total. The molecule has 0 atom stereocenters. The van der Waals surface area contributed by atoms with Gasteiger partial charge in [-0.15, -0.1) is 11.8 Å². The molecule has 0 fully saturated rings. The minimum Gasteiger partial charge on any atom is -0.454 e. The Hall–Kier alpha value is -1.52. The zero-order valence-electron chi connectivity index (χ0n) is 10.9. The standard InChI is InChI=1S/C15H16FNOS/c1-17-10-11-3-8-15(14(16)9-11)18-12-4-6-13(19-2)7-5-12/h3-9,17H,10H2,1-2H3. The number of hydrogen-bond donors (Lipinski definition) is 1. The van der Waals surface area contributed by atoms with E-state index in [1.54, 1.807) is 17.8 Å². The molecular weight excluding hydrogens is 261 g/mol. The molecular formula is C15H16FNOS. The highest BCUT2D eigenvalue weighted by Gasteiger charge is 2.06. The van der Waals surface area contributed by atoms with Crippen LogP contribution in [0, 0.1) is 5.82 Å². The molecule has 0 aliphatic heterocycles. The first-order valence-electron chi connectivity index (χ1n) is 5.98. The molecule has 0 aliphatic rings. The maximum atomic E-state index is 13.8. The molecule has 2 rings (SSSR count). The van der Waals surface area contributed by atoms with E-state index in [9.17, 15) is 4.39 Å². The molecule has 0 amide bonds. The molecule has 4 heteroatoms. The summed E-state index contributed by atoms with van der Waals surface area (Å²) in [7, 11) is 1.83. The maximum absolute atomic E-state index is 13.8. The third-order valence-corrected chi connectivity index (χ3v) is 3.41. The van der Waals surface area contributed by atoms with E-state index in [1.165, 1.54) is 6.07 Å². The minimum absolute atomic E-state index is 0.247. The number of hydrogen-bond acceptors (Lipinski definition) is 3. The third kappa shape index (κ3) is 3.72. The lowest BCUT2D eigenvalue weighted by atomic mass is 10.2. The van der Waals surface area contributed by atoms with Crippen LogP contribution in [0.4, 0.5) is 4.39 Å². The molecule has 0 radical (unpaired) electrons. The molecule has 0 aromatic heterocycles. The van der Waals surface area contributed by atoms with Crippen LogP contribution in [-0.4, -0.2) is 13.3 Å². The van der Waals surface area contributed by atoms with E-state index in [2.05, 4.69) is 5.32 Å². The Kier molecular flexibility index (Phi) is 4.82. The molecule has 2 aromatic carbocycles. The van der Waals surface area contributed by atoms with Crippen LogP contribution in [0.2, 0.25) is 0 Å². The van der Waals surface area contributed by atoms with Crippen LogP contribution in [0.1, 0.15) is 5.56 Å². The fourth-order valence-corrected chi connectivity index (χ4v) is 2.12. The molecule has 0 saturated heterocycles. The SMILES string of the molecule is CNCc1ccc(Oc2ccc(SC)cc2)c(F)c1. The maximum Gasteiger partial charge on any atom is 0.166 e. The summed E-state index contributed by atoms with van der Waals surface area (Å²) in [5.74, 6) is 0.538. The van der Waals surface area contributed by atoms with E-state index in [-0.39, 0.29) is 11.6 Å². The average Bonchev–Trinajstić information content (AvgIpc) is 2.43. The Labute approximate surface area is 117 Å². The lowest BCUT2D eigenvalue weighted by Gasteiger charge is -2.08. The number of benzene rings is 2. The smallest absolute Gasteiger partial charge is 0.166 e. The predicted octanol–water partition coefficient (Wildman–Crippen LogP) is 4.06. The zero-order chi connectivity index (χ0) is 13.7. The fourth-order valence-electron chi connectivity index (χ4n) is 1.71. The topological polar surface area (TPSA) is 21.3 Å². The summed E-state index contributed by atoms with van der Waals surface area (Å²) in [6, 6.07) is 12.6. The monoisotopic (exact) mass is 277 g/mol. The number of ether oxygens (including phenoxy) is 1. The molecule has 19 heavy (non-hydrogen) atoms. The van der Waals surface area contributed by atoms with Gasteiger partial charge in [0, 0.05) is 11.4 Å². The van der Waals surface area contributed by atoms with Gasteiger partial charge in [0.1, 0.15) is 5.75 Å². The van der Waals surface area contributed by atoms with Gasteiger partial charge in [0.15, 0.2) is 11.6 Å². The molecule has 0 aliphatic carbocycles. The van der Waals surface area contributed by atoms with Gasteiger partial charge in [-0.3, -0.25) is 0 Å². The summed E-state index contributed by atoms with van der Waals surface area (Å²) < 4.78 is 19.4. The molecule has 0 spiro atoms. The van der Waals surface area contributed by atoms with Crippen molar-refractivity contribution in [2.24, 2.45) is 0 Å². The van der Waals surface area contributed by atoms with Crippen molar-refractivity contribution in [2.45, 2.75) is 11.4 Å². The molecule has 2 nitrogen and oxygen atoms in total. The van der Waals surface area contributed by atoms with Crippen molar-refractivity contribution < 1.29 is 9.13 Å². The summed E-state index contributed by atoms with van der Waals surface area (Å²) >= 11 is 1.66. The van der Waals surface area contributed by atoms with Crippen LogP contribution >= 0.6 is 11.8 Å².